The van der Waals surface area contributed by atoms with E-state index in [0.29, 0.717) is 0 Å². The summed E-state index contributed by atoms with van der Waals surface area (Å²) in [6, 6.07) is 0. The molecule has 0 fully saturated rings. The first-order valence-electron chi connectivity index (χ1n) is 7.39. The molecule has 1 aromatic rings. The summed E-state index contributed by atoms with van der Waals surface area (Å²) in [4.78, 5) is 2.37. The molecule has 0 saturated carbocycles. The van der Waals surface area contributed by atoms with Crippen molar-refractivity contribution >= 4 is 0 Å². The minimum Gasteiger partial charge on any atom is -0.330 e. The van der Waals surface area contributed by atoms with Gasteiger partial charge in [-0.25, -0.2) is 0 Å². The van der Waals surface area contributed by atoms with Gasteiger partial charge >= 0.3 is 0 Å². The Labute approximate surface area is 118 Å². The van der Waals surface area contributed by atoms with Crippen molar-refractivity contribution < 1.29 is 0 Å². The predicted molar refractivity (Wildman–Crippen MR) is 80.8 cm³/mol. The standard InChI is InChI=1S/C15H30N4/c1-13(2)15(7-8-16)6-5-9-18(3)11-14-10-17-19(4)12-14/h10,12-13,15H,5-9,11,16H2,1-4H3. The van der Waals surface area contributed by atoms with Gasteiger partial charge in [0.15, 0.2) is 0 Å². The molecule has 0 amide bonds. The second-order valence-electron chi connectivity index (χ2n) is 5.98. The highest BCUT2D eigenvalue weighted by atomic mass is 15.2. The molecule has 0 saturated heterocycles. The van der Waals surface area contributed by atoms with Gasteiger partial charge in [0.1, 0.15) is 0 Å². The molecule has 0 bridgehead atoms. The molecule has 1 atom stereocenters. The molecule has 0 aromatic carbocycles. The second kappa shape index (κ2) is 8.33. The van der Waals surface area contributed by atoms with Crippen molar-refractivity contribution in [2.75, 3.05) is 20.1 Å². The van der Waals surface area contributed by atoms with Gasteiger partial charge in [0.2, 0.25) is 0 Å². The van der Waals surface area contributed by atoms with Crippen molar-refractivity contribution in [3.8, 4) is 0 Å². The summed E-state index contributed by atoms with van der Waals surface area (Å²) < 4.78 is 1.86. The average Bonchev–Trinajstić information content (AvgIpc) is 2.73. The van der Waals surface area contributed by atoms with E-state index < -0.39 is 0 Å². The number of aromatic nitrogens is 2. The van der Waals surface area contributed by atoms with E-state index in [1.807, 2.05) is 17.9 Å². The van der Waals surface area contributed by atoms with Gasteiger partial charge in [-0.05, 0) is 51.2 Å². The van der Waals surface area contributed by atoms with E-state index in [2.05, 4.69) is 37.1 Å². The minimum atomic E-state index is 0.743. The summed E-state index contributed by atoms with van der Waals surface area (Å²) in [6.07, 6.45) is 7.72. The Hall–Kier alpha value is -0.870. The van der Waals surface area contributed by atoms with Gasteiger partial charge < -0.3 is 10.6 Å². The molecule has 1 heterocycles. The fourth-order valence-electron chi connectivity index (χ4n) is 2.59. The van der Waals surface area contributed by atoms with Crippen molar-refractivity contribution in [1.29, 1.82) is 0 Å². The van der Waals surface area contributed by atoms with Crippen molar-refractivity contribution in [2.24, 2.45) is 24.6 Å². The summed E-state index contributed by atoms with van der Waals surface area (Å²) in [5.41, 5.74) is 6.97. The maximum atomic E-state index is 5.68. The molecule has 0 aliphatic heterocycles. The lowest BCUT2D eigenvalue weighted by Gasteiger charge is -2.22. The van der Waals surface area contributed by atoms with E-state index in [-0.39, 0.29) is 0 Å². The Balaban J connectivity index is 2.24. The van der Waals surface area contributed by atoms with Crippen molar-refractivity contribution in [2.45, 2.75) is 39.7 Å². The summed E-state index contributed by atoms with van der Waals surface area (Å²) in [5, 5.41) is 4.20. The molecule has 110 valence electrons. The van der Waals surface area contributed by atoms with Crippen LogP contribution in [0, 0.1) is 11.8 Å². The maximum Gasteiger partial charge on any atom is 0.0534 e. The topological polar surface area (TPSA) is 47.1 Å². The molecule has 4 heteroatoms. The van der Waals surface area contributed by atoms with Gasteiger partial charge in [0.25, 0.3) is 0 Å². The summed E-state index contributed by atoms with van der Waals surface area (Å²) in [6.45, 7) is 7.55. The van der Waals surface area contributed by atoms with Crippen LogP contribution in [-0.4, -0.2) is 34.8 Å². The zero-order valence-electron chi connectivity index (χ0n) is 13.0. The Morgan fingerprint density at radius 3 is 2.63 bits per heavy atom. The maximum absolute atomic E-state index is 5.68. The molecule has 1 unspecified atom stereocenters. The Morgan fingerprint density at radius 2 is 2.11 bits per heavy atom. The molecule has 0 aliphatic rings. The van der Waals surface area contributed by atoms with Crippen LogP contribution in [0.15, 0.2) is 12.4 Å². The van der Waals surface area contributed by atoms with Crippen molar-refractivity contribution in [3.63, 3.8) is 0 Å². The first-order valence-corrected chi connectivity index (χ1v) is 7.39. The Bertz CT molecular complexity index is 346. The van der Waals surface area contributed by atoms with Crippen LogP contribution in [0.3, 0.4) is 0 Å². The van der Waals surface area contributed by atoms with E-state index in [9.17, 15) is 0 Å². The third-order valence-corrected chi connectivity index (χ3v) is 3.81. The van der Waals surface area contributed by atoms with Gasteiger partial charge in [0, 0.05) is 25.4 Å². The first kappa shape index (κ1) is 16.2. The van der Waals surface area contributed by atoms with Crippen LogP contribution in [0.1, 0.15) is 38.7 Å². The van der Waals surface area contributed by atoms with Gasteiger partial charge in [-0.2, -0.15) is 5.10 Å². The summed E-state index contributed by atoms with van der Waals surface area (Å²) in [5.74, 6) is 1.52. The number of rotatable bonds is 9. The fraction of sp³-hybridized carbons (Fsp3) is 0.800. The van der Waals surface area contributed by atoms with Gasteiger partial charge in [-0.15, -0.1) is 0 Å². The largest absolute Gasteiger partial charge is 0.330 e. The highest BCUT2D eigenvalue weighted by Gasteiger charge is 2.12. The van der Waals surface area contributed by atoms with E-state index in [0.717, 1.165) is 37.9 Å². The normalized spacial score (nSPS) is 13.4. The molecule has 0 aliphatic carbocycles. The van der Waals surface area contributed by atoms with Crippen LogP contribution in [0.25, 0.3) is 0 Å². The first-order chi connectivity index (χ1) is 9.02. The average molecular weight is 266 g/mol. The smallest absolute Gasteiger partial charge is 0.0534 e. The molecule has 19 heavy (non-hydrogen) atoms. The predicted octanol–water partition coefficient (Wildman–Crippen LogP) is 2.25. The van der Waals surface area contributed by atoms with Gasteiger partial charge in [0.05, 0.1) is 6.20 Å². The van der Waals surface area contributed by atoms with E-state index in [4.69, 9.17) is 5.73 Å². The molecule has 1 aromatic heterocycles. The lowest BCUT2D eigenvalue weighted by Crippen LogP contribution is -2.21. The number of nitrogens with two attached hydrogens (primary N) is 1. The monoisotopic (exact) mass is 266 g/mol. The molecule has 0 spiro atoms. The van der Waals surface area contributed by atoms with E-state index >= 15 is 0 Å². The Morgan fingerprint density at radius 1 is 1.37 bits per heavy atom. The van der Waals surface area contributed by atoms with Crippen LogP contribution in [0.4, 0.5) is 0 Å². The zero-order valence-corrected chi connectivity index (χ0v) is 13.0. The number of hydrogen-bond acceptors (Lipinski definition) is 3. The highest BCUT2D eigenvalue weighted by molar-refractivity contribution is 5.02. The van der Waals surface area contributed by atoms with E-state index in [1.165, 1.54) is 18.4 Å². The fourth-order valence-corrected chi connectivity index (χ4v) is 2.59. The summed E-state index contributed by atoms with van der Waals surface area (Å²) >= 11 is 0. The number of aryl methyl sites for hydroxylation is 1. The second-order valence-corrected chi connectivity index (χ2v) is 5.98. The third kappa shape index (κ3) is 6.21. The third-order valence-electron chi connectivity index (χ3n) is 3.81. The molecule has 1 rings (SSSR count). The highest BCUT2D eigenvalue weighted by Crippen LogP contribution is 2.20. The Kier molecular flexibility index (Phi) is 7.10. The van der Waals surface area contributed by atoms with Crippen LogP contribution in [0.5, 0.6) is 0 Å². The molecule has 2 N–H and O–H groups in total. The minimum absolute atomic E-state index is 0.743. The molecular weight excluding hydrogens is 236 g/mol. The van der Waals surface area contributed by atoms with Crippen molar-refractivity contribution in [1.82, 2.24) is 14.7 Å². The van der Waals surface area contributed by atoms with Gasteiger partial charge in [-0.3, -0.25) is 4.68 Å². The van der Waals surface area contributed by atoms with Crippen LogP contribution < -0.4 is 5.73 Å². The quantitative estimate of drug-likeness (QED) is 0.746. The van der Waals surface area contributed by atoms with E-state index in [1.54, 1.807) is 0 Å². The van der Waals surface area contributed by atoms with Gasteiger partial charge in [-0.1, -0.05) is 13.8 Å². The molecule has 4 nitrogen and oxygen atoms in total. The molecule has 0 radical (unpaired) electrons. The molecular formula is C15H30N4. The van der Waals surface area contributed by atoms with Crippen LogP contribution in [0.2, 0.25) is 0 Å². The number of hydrogen-bond donors (Lipinski definition) is 1. The number of nitrogens with zero attached hydrogens (tertiary/aromatic N) is 3. The van der Waals surface area contributed by atoms with Crippen LogP contribution >= 0.6 is 0 Å². The lowest BCUT2D eigenvalue weighted by atomic mass is 9.88. The van der Waals surface area contributed by atoms with Crippen molar-refractivity contribution in [3.05, 3.63) is 18.0 Å². The van der Waals surface area contributed by atoms with Crippen LogP contribution in [-0.2, 0) is 13.6 Å². The zero-order chi connectivity index (χ0) is 14.3. The summed E-state index contributed by atoms with van der Waals surface area (Å²) in [7, 11) is 4.14. The SMILES string of the molecule is CC(C)C(CCN)CCCN(C)Cc1cnn(C)c1. The lowest BCUT2D eigenvalue weighted by molar-refractivity contribution is 0.278.